The van der Waals surface area contributed by atoms with Crippen molar-refractivity contribution in [3.63, 3.8) is 0 Å². The van der Waals surface area contributed by atoms with E-state index >= 15 is 0 Å². The number of hydrogen-bond acceptors (Lipinski definition) is 3. The number of hydrogen-bond donors (Lipinski definition) is 1. The van der Waals surface area contributed by atoms with Gasteiger partial charge in [-0.2, -0.15) is 0 Å². The maximum absolute atomic E-state index is 11.4. The molecule has 1 N–H and O–H groups in total. The second-order valence-corrected chi connectivity index (χ2v) is 8.77. The largest absolute Gasteiger partial charge is 0.310 e. The van der Waals surface area contributed by atoms with Gasteiger partial charge in [-0.3, -0.25) is 0 Å². The summed E-state index contributed by atoms with van der Waals surface area (Å²) < 4.78 is 22.9. The minimum Gasteiger partial charge on any atom is -0.310 e. The lowest BCUT2D eigenvalue weighted by Gasteiger charge is -2.30. The van der Waals surface area contributed by atoms with Crippen LogP contribution in [0.15, 0.2) is 29.2 Å². The highest BCUT2D eigenvalue weighted by Gasteiger charge is 2.34. The fourth-order valence-electron chi connectivity index (χ4n) is 3.53. The van der Waals surface area contributed by atoms with E-state index in [4.69, 9.17) is 0 Å². The molecular weight excluding hydrogens is 282 g/mol. The number of sulfone groups is 1. The quantitative estimate of drug-likeness (QED) is 0.909. The van der Waals surface area contributed by atoms with Crippen molar-refractivity contribution in [3.8, 4) is 0 Å². The van der Waals surface area contributed by atoms with Gasteiger partial charge in [-0.15, -0.1) is 0 Å². The normalized spacial score (nSPS) is 26.7. The molecule has 4 heteroatoms. The van der Waals surface area contributed by atoms with Crippen molar-refractivity contribution in [1.82, 2.24) is 5.32 Å². The molecule has 0 heterocycles. The Morgan fingerprint density at radius 3 is 2.38 bits per heavy atom. The molecule has 116 valence electrons. The summed E-state index contributed by atoms with van der Waals surface area (Å²) in [6, 6.07) is 7.90. The molecule has 0 spiro atoms. The summed E-state index contributed by atoms with van der Waals surface area (Å²) in [5.74, 6) is 1.97. The van der Waals surface area contributed by atoms with Gasteiger partial charge in [0.25, 0.3) is 0 Å². The van der Waals surface area contributed by atoms with Crippen molar-refractivity contribution in [2.45, 2.75) is 56.0 Å². The van der Waals surface area contributed by atoms with E-state index in [1.807, 2.05) is 12.1 Å². The van der Waals surface area contributed by atoms with E-state index in [2.05, 4.69) is 5.32 Å². The molecule has 0 radical (unpaired) electrons. The fourth-order valence-corrected chi connectivity index (χ4v) is 4.16. The third-order valence-electron chi connectivity index (χ3n) is 4.95. The zero-order valence-electron chi connectivity index (χ0n) is 12.7. The molecule has 0 aliphatic heterocycles. The third-order valence-corrected chi connectivity index (χ3v) is 6.08. The van der Waals surface area contributed by atoms with Crippen LogP contribution in [0.2, 0.25) is 0 Å². The summed E-state index contributed by atoms with van der Waals surface area (Å²) in [5, 5.41) is 3.66. The van der Waals surface area contributed by atoms with E-state index < -0.39 is 9.84 Å². The highest BCUT2D eigenvalue weighted by molar-refractivity contribution is 7.90. The molecule has 2 aliphatic rings. The lowest BCUT2D eigenvalue weighted by atomic mass is 9.82. The molecule has 1 aromatic carbocycles. The van der Waals surface area contributed by atoms with Crippen molar-refractivity contribution in [1.29, 1.82) is 0 Å². The van der Waals surface area contributed by atoms with Gasteiger partial charge in [-0.25, -0.2) is 8.42 Å². The van der Waals surface area contributed by atoms with Crippen molar-refractivity contribution in [3.05, 3.63) is 29.8 Å². The monoisotopic (exact) mass is 307 g/mol. The Labute approximate surface area is 128 Å². The average molecular weight is 307 g/mol. The van der Waals surface area contributed by atoms with Crippen LogP contribution in [0.4, 0.5) is 0 Å². The van der Waals surface area contributed by atoms with Gasteiger partial charge < -0.3 is 5.32 Å². The lowest BCUT2D eigenvalue weighted by molar-refractivity contribution is 0.260. The molecule has 3 rings (SSSR count). The Morgan fingerprint density at radius 1 is 1.05 bits per heavy atom. The molecule has 0 saturated heterocycles. The first-order valence-electron chi connectivity index (χ1n) is 8.05. The molecule has 2 aliphatic carbocycles. The average Bonchev–Trinajstić information content (AvgIpc) is 3.30. The van der Waals surface area contributed by atoms with Crippen molar-refractivity contribution in [2.75, 3.05) is 6.26 Å². The summed E-state index contributed by atoms with van der Waals surface area (Å²) in [7, 11) is -3.09. The van der Waals surface area contributed by atoms with Gasteiger partial charge in [0.05, 0.1) is 4.90 Å². The molecule has 3 nitrogen and oxygen atoms in total. The van der Waals surface area contributed by atoms with E-state index in [-0.39, 0.29) is 0 Å². The molecule has 2 atom stereocenters. The maximum atomic E-state index is 11.4. The first-order chi connectivity index (χ1) is 10.0. The first kappa shape index (κ1) is 15.0. The predicted molar refractivity (Wildman–Crippen MR) is 84.9 cm³/mol. The van der Waals surface area contributed by atoms with Gasteiger partial charge in [-0.1, -0.05) is 25.0 Å². The fraction of sp³-hybridized carbons (Fsp3) is 0.647. The lowest BCUT2D eigenvalue weighted by Crippen LogP contribution is -2.34. The Morgan fingerprint density at radius 2 is 1.76 bits per heavy atom. The Kier molecular flexibility index (Phi) is 4.36. The summed E-state index contributed by atoms with van der Waals surface area (Å²) >= 11 is 0. The van der Waals surface area contributed by atoms with Gasteiger partial charge in [0, 0.05) is 18.8 Å². The van der Waals surface area contributed by atoms with E-state index in [0.29, 0.717) is 10.9 Å². The number of rotatable bonds is 5. The molecule has 1 aromatic rings. The van der Waals surface area contributed by atoms with Gasteiger partial charge >= 0.3 is 0 Å². The molecule has 0 aromatic heterocycles. The third kappa shape index (κ3) is 4.07. The SMILES string of the molecule is CS(=O)(=O)c1ccc(CNC2CCCC(C3CC3)C2)cc1. The summed E-state index contributed by atoms with van der Waals surface area (Å²) in [4.78, 5) is 0.401. The molecule has 2 unspecified atom stereocenters. The van der Waals surface area contributed by atoms with Crippen LogP contribution in [0.25, 0.3) is 0 Å². The topological polar surface area (TPSA) is 46.2 Å². The zero-order valence-corrected chi connectivity index (χ0v) is 13.5. The van der Waals surface area contributed by atoms with Crippen LogP contribution >= 0.6 is 0 Å². The van der Waals surface area contributed by atoms with E-state index in [1.54, 1.807) is 12.1 Å². The minimum atomic E-state index is -3.09. The Hall–Kier alpha value is -0.870. The van der Waals surface area contributed by atoms with Gasteiger partial charge in [-0.05, 0) is 55.2 Å². The van der Waals surface area contributed by atoms with Crippen molar-refractivity contribution < 1.29 is 8.42 Å². The Bertz CT molecular complexity index is 575. The summed E-state index contributed by atoms with van der Waals surface area (Å²) in [6.45, 7) is 0.839. The number of nitrogens with one attached hydrogen (secondary N) is 1. The van der Waals surface area contributed by atoms with Gasteiger partial charge in [0.15, 0.2) is 9.84 Å². The van der Waals surface area contributed by atoms with Crippen LogP contribution in [0.1, 0.15) is 44.1 Å². The standard InChI is InChI=1S/C17H25NO2S/c1-21(19,20)17-9-5-13(6-10-17)12-18-16-4-2-3-15(11-16)14-7-8-14/h5-6,9-10,14-16,18H,2-4,7-8,11-12H2,1H3. The number of benzene rings is 1. The van der Waals surface area contributed by atoms with Gasteiger partial charge in [0.2, 0.25) is 0 Å². The van der Waals surface area contributed by atoms with E-state index in [1.165, 1.54) is 44.8 Å². The molecule has 0 bridgehead atoms. The predicted octanol–water partition coefficient (Wildman–Crippen LogP) is 3.15. The minimum absolute atomic E-state index is 0.401. The summed E-state index contributed by atoms with van der Waals surface area (Å²) in [5.41, 5.74) is 1.16. The molecule has 21 heavy (non-hydrogen) atoms. The van der Waals surface area contributed by atoms with Crippen LogP contribution in [0, 0.1) is 11.8 Å². The molecule has 2 saturated carbocycles. The molecular formula is C17H25NO2S. The van der Waals surface area contributed by atoms with Crippen LogP contribution in [0.3, 0.4) is 0 Å². The van der Waals surface area contributed by atoms with Crippen LogP contribution in [-0.4, -0.2) is 20.7 Å². The second-order valence-electron chi connectivity index (χ2n) is 6.76. The summed E-state index contributed by atoms with van der Waals surface area (Å²) in [6.07, 6.45) is 9.53. The van der Waals surface area contributed by atoms with Crippen LogP contribution in [0.5, 0.6) is 0 Å². The highest BCUT2D eigenvalue weighted by Crippen LogP contribution is 2.43. The van der Waals surface area contributed by atoms with Crippen LogP contribution < -0.4 is 5.32 Å². The highest BCUT2D eigenvalue weighted by atomic mass is 32.2. The second kappa shape index (κ2) is 6.09. The zero-order chi connectivity index (χ0) is 14.9. The smallest absolute Gasteiger partial charge is 0.175 e. The molecule has 2 fully saturated rings. The Balaban J connectivity index is 1.52. The van der Waals surface area contributed by atoms with Crippen LogP contribution in [-0.2, 0) is 16.4 Å². The van der Waals surface area contributed by atoms with Crippen molar-refractivity contribution >= 4 is 9.84 Å². The van der Waals surface area contributed by atoms with Gasteiger partial charge in [0.1, 0.15) is 0 Å². The molecule has 0 amide bonds. The van der Waals surface area contributed by atoms with E-state index in [9.17, 15) is 8.42 Å². The maximum Gasteiger partial charge on any atom is 0.175 e. The van der Waals surface area contributed by atoms with E-state index in [0.717, 1.165) is 23.9 Å². The first-order valence-corrected chi connectivity index (χ1v) is 9.94. The van der Waals surface area contributed by atoms with Crippen molar-refractivity contribution in [2.24, 2.45) is 11.8 Å².